The van der Waals surface area contributed by atoms with Gasteiger partial charge in [0.2, 0.25) is 0 Å². The van der Waals surface area contributed by atoms with Crippen molar-refractivity contribution in [1.82, 2.24) is 0 Å². The molecule has 152 valence electrons. The van der Waals surface area contributed by atoms with Crippen LogP contribution in [0.4, 0.5) is 14.5 Å². The van der Waals surface area contributed by atoms with E-state index in [1.807, 2.05) is 11.0 Å². The van der Waals surface area contributed by atoms with Crippen molar-refractivity contribution in [2.24, 2.45) is 5.18 Å². The van der Waals surface area contributed by atoms with Crippen molar-refractivity contribution in [3.05, 3.63) is 63.6 Å². The molecular weight excluding hydrogens is 378 g/mol. The second-order valence-electron chi connectivity index (χ2n) is 7.62. The fraction of sp³-hybridized carbons (Fsp3) is 0.409. The molecule has 7 heteroatoms. The Balaban J connectivity index is 1.51. The molecule has 2 aromatic rings. The summed E-state index contributed by atoms with van der Waals surface area (Å²) in [5, 5.41) is 2.34. The van der Waals surface area contributed by atoms with Gasteiger partial charge in [-0.05, 0) is 60.9 Å². The highest BCUT2D eigenvalue weighted by Crippen LogP contribution is 2.33. The molecular formula is C22H22F2N2O3. The normalized spacial score (nSPS) is 16.1. The molecule has 0 saturated heterocycles. The molecule has 29 heavy (non-hydrogen) atoms. The maximum Gasteiger partial charge on any atom is 0.286 e. The number of nitroso groups, excluding NO2 is 1. The van der Waals surface area contributed by atoms with Crippen LogP contribution in [-0.2, 0) is 24.2 Å². The number of benzene rings is 2. The van der Waals surface area contributed by atoms with Gasteiger partial charge in [0.1, 0.15) is 17.4 Å². The number of amides is 1. The molecule has 0 atom stereocenters. The maximum atomic E-state index is 14.8. The zero-order valence-corrected chi connectivity index (χ0v) is 16.0. The Labute approximate surface area is 167 Å². The van der Waals surface area contributed by atoms with Gasteiger partial charge in [0.25, 0.3) is 5.91 Å². The van der Waals surface area contributed by atoms with E-state index < -0.39 is 5.91 Å². The summed E-state index contributed by atoms with van der Waals surface area (Å²) >= 11 is 0. The van der Waals surface area contributed by atoms with Crippen LogP contribution in [0.2, 0.25) is 0 Å². The lowest BCUT2D eigenvalue weighted by molar-refractivity contribution is -0.117. The van der Waals surface area contributed by atoms with Crippen molar-refractivity contribution in [2.75, 3.05) is 11.4 Å². The summed E-state index contributed by atoms with van der Waals surface area (Å²) in [6.45, 7) is 0.872. The van der Waals surface area contributed by atoms with Gasteiger partial charge in [0.05, 0.1) is 11.8 Å². The van der Waals surface area contributed by atoms with E-state index in [2.05, 4.69) is 5.18 Å². The molecule has 0 aromatic heterocycles. The topological polar surface area (TPSA) is 59.0 Å². The number of aryl methyl sites for hydroxylation is 1. The third-order valence-electron chi connectivity index (χ3n) is 5.74. The van der Waals surface area contributed by atoms with E-state index in [0.717, 1.165) is 24.8 Å². The summed E-state index contributed by atoms with van der Waals surface area (Å²) in [6, 6.07) is 8.23. The van der Waals surface area contributed by atoms with E-state index in [0.29, 0.717) is 42.1 Å². The van der Waals surface area contributed by atoms with Crippen molar-refractivity contribution >= 4 is 11.6 Å². The summed E-state index contributed by atoms with van der Waals surface area (Å²) < 4.78 is 35.2. The highest BCUT2D eigenvalue weighted by molar-refractivity contribution is 5.76. The predicted octanol–water partition coefficient (Wildman–Crippen LogP) is 4.68. The molecule has 1 saturated carbocycles. The highest BCUT2D eigenvalue weighted by Gasteiger charge is 2.24. The standard InChI is InChI=1S/C22H22F2N2O3/c23-19-8-7-17(29-16-2-1-3-16)12-20(19)26-11-10-18-15(13-26)5-4-14(22(18)24)6-9-21(27)25-28/h4-5,7-8,12,16H,1-3,6,9-11,13H2. The van der Waals surface area contributed by atoms with E-state index in [4.69, 9.17) is 4.74 Å². The zero-order chi connectivity index (χ0) is 20.4. The highest BCUT2D eigenvalue weighted by atomic mass is 19.1. The van der Waals surface area contributed by atoms with Crippen LogP contribution in [0.1, 0.15) is 42.4 Å². The number of ether oxygens (including phenoxy) is 1. The van der Waals surface area contributed by atoms with Crippen LogP contribution in [0.5, 0.6) is 5.75 Å². The lowest BCUT2D eigenvalue weighted by Crippen LogP contribution is -2.32. The summed E-state index contributed by atoms with van der Waals surface area (Å²) in [6.07, 6.45) is 3.90. The summed E-state index contributed by atoms with van der Waals surface area (Å²) in [5.74, 6) is -0.797. The smallest absolute Gasteiger partial charge is 0.286 e. The van der Waals surface area contributed by atoms with Crippen molar-refractivity contribution in [1.29, 1.82) is 0 Å². The Hall–Kier alpha value is -2.83. The number of anilines is 1. The van der Waals surface area contributed by atoms with Crippen LogP contribution in [0, 0.1) is 16.5 Å². The summed E-state index contributed by atoms with van der Waals surface area (Å²) in [4.78, 5) is 23.2. The number of carbonyl (C=O) groups is 1. The first-order valence-electron chi connectivity index (χ1n) is 9.91. The van der Waals surface area contributed by atoms with Crippen molar-refractivity contribution < 1.29 is 18.3 Å². The molecule has 1 fully saturated rings. The Bertz CT molecular complexity index is 944. The van der Waals surface area contributed by atoms with Crippen LogP contribution < -0.4 is 9.64 Å². The first kappa shape index (κ1) is 19.5. The largest absolute Gasteiger partial charge is 0.490 e. The van der Waals surface area contributed by atoms with Gasteiger partial charge in [0.15, 0.2) is 0 Å². The lowest BCUT2D eigenvalue weighted by atomic mass is 9.94. The van der Waals surface area contributed by atoms with E-state index in [9.17, 15) is 18.5 Å². The Kier molecular flexibility index (Phi) is 5.56. The van der Waals surface area contributed by atoms with Gasteiger partial charge in [-0.25, -0.2) is 8.78 Å². The van der Waals surface area contributed by atoms with Crippen LogP contribution in [0.3, 0.4) is 0 Å². The molecule has 1 amide bonds. The molecule has 1 aliphatic carbocycles. The van der Waals surface area contributed by atoms with Crippen molar-refractivity contribution in [3.8, 4) is 5.75 Å². The SMILES string of the molecule is O=NC(=O)CCc1ccc2c(c1F)CCN(c1cc(OC3CCC3)ccc1F)C2. The van der Waals surface area contributed by atoms with E-state index in [1.54, 1.807) is 18.2 Å². The number of nitrogens with zero attached hydrogens (tertiary/aromatic N) is 2. The molecule has 0 radical (unpaired) electrons. The van der Waals surface area contributed by atoms with Crippen molar-refractivity contribution in [3.63, 3.8) is 0 Å². The molecule has 1 heterocycles. The van der Waals surface area contributed by atoms with E-state index in [1.165, 1.54) is 6.07 Å². The second kappa shape index (κ2) is 8.27. The molecule has 2 aliphatic rings. The number of carbonyl (C=O) groups excluding carboxylic acids is 1. The predicted molar refractivity (Wildman–Crippen MR) is 105 cm³/mol. The van der Waals surface area contributed by atoms with Gasteiger partial charge in [-0.2, -0.15) is 0 Å². The molecule has 0 unspecified atom stereocenters. The molecule has 1 aliphatic heterocycles. The van der Waals surface area contributed by atoms with Gasteiger partial charge < -0.3 is 9.64 Å². The monoisotopic (exact) mass is 400 g/mol. The number of halogens is 2. The molecule has 2 aromatic carbocycles. The summed E-state index contributed by atoms with van der Waals surface area (Å²) in [5.41, 5.74) is 2.24. The minimum absolute atomic E-state index is 0.107. The number of fused-ring (bicyclic) bond motifs is 1. The summed E-state index contributed by atoms with van der Waals surface area (Å²) in [7, 11) is 0. The zero-order valence-electron chi connectivity index (χ0n) is 16.0. The van der Waals surface area contributed by atoms with Crippen LogP contribution in [0.15, 0.2) is 35.5 Å². The minimum atomic E-state index is -0.784. The fourth-order valence-corrected chi connectivity index (χ4v) is 3.83. The first-order valence-corrected chi connectivity index (χ1v) is 9.91. The fourth-order valence-electron chi connectivity index (χ4n) is 3.83. The average molecular weight is 400 g/mol. The Morgan fingerprint density at radius 2 is 2.03 bits per heavy atom. The van der Waals surface area contributed by atoms with Gasteiger partial charge in [0, 0.05) is 30.8 Å². The molecule has 0 spiro atoms. The van der Waals surface area contributed by atoms with E-state index >= 15 is 0 Å². The Morgan fingerprint density at radius 1 is 1.21 bits per heavy atom. The molecule has 0 N–H and O–H groups in total. The van der Waals surface area contributed by atoms with Gasteiger partial charge in [-0.3, -0.25) is 4.79 Å². The third-order valence-corrected chi connectivity index (χ3v) is 5.74. The Morgan fingerprint density at radius 3 is 2.76 bits per heavy atom. The third kappa shape index (κ3) is 4.13. The number of rotatable bonds is 6. The van der Waals surface area contributed by atoms with E-state index in [-0.39, 0.29) is 30.6 Å². The van der Waals surface area contributed by atoms with Crippen LogP contribution in [0.25, 0.3) is 0 Å². The second-order valence-corrected chi connectivity index (χ2v) is 7.62. The molecule has 5 nitrogen and oxygen atoms in total. The average Bonchev–Trinajstić information content (AvgIpc) is 2.70. The van der Waals surface area contributed by atoms with Gasteiger partial charge >= 0.3 is 0 Å². The van der Waals surface area contributed by atoms with Gasteiger partial charge in [-0.15, -0.1) is 4.91 Å². The number of hydrogen-bond acceptors (Lipinski definition) is 4. The maximum absolute atomic E-state index is 14.8. The van der Waals surface area contributed by atoms with Crippen LogP contribution in [-0.4, -0.2) is 18.6 Å². The molecule has 4 rings (SSSR count). The first-order chi connectivity index (χ1) is 14.0. The lowest BCUT2D eigenvalue weighted by Gasteiger charge is -2.32. The van der Waals surface area contributed by atoms with Gasteiger partial charge in [-0.1, -0.05) is 12.1 Å². The minimum Gasteiger partial charge on any atom is -0.490 e. The van der Waals surface area contributed by atoms with Crippen molar-refractivity contribution in [2.45, 2.75) is 51.2 Å². The number of hydrogen-bond donors (Lipinski definition) is 0. The molecule has 0 bridgehead atoms. The quantitative estimate of drug-likeness (QED) is 0.661. The van der Waals surface area contributed by atoms with Crippen LogP contribution >= 0.6 is 0 Å².